The van der Waals surface area contributed by atoms with Crippen LogP contribution in [0.2, 0.25) is 0 Å². The standard InChI is InChI=1S/C26H52N6O8/c1-3-5-7-9-11-31-25(35)39-22-16(29)13-15(28)21(23(22)40-26(36)32-12-10-8-6-4-2)38-24-18(30)20(34)19(33)17(14-27)37-24/h15-24,33-34H,3-14,27-30H2,1-2H3,(H,31,35)(H,32,36)/t15-,16+,17+,18+,19+,20+,21+,22-,23-,24+/m0/s1. The second kappa shape index (κ2) is 17.9. The van der Waals surface area contributed by atoms with Crippen molar-refractivity contribution in [2.45, 2.75) is 133 Å². The maximum absolute atomic E-state index is 12.8. The van der Waals surface area contributed by atoms with Gasteiger partial charge in [-0.3, -0.25) is 0 Å². The van der Waals surface area contributed by atoms with Crippen molar-refractivity contribution in [1.29, 1.82) is 0 Å². The third-order valence-corrected chi connectivity index (χ3v) is 7.39. The third kappa shape index (κ3) is 10.2. The Balaban J connectivity index is 2.17. The minimum absolute atomic E-state index is 0.100. The van der Waals surface area contributed by atoms with E-state index >= 15 is 0 Å². The highest BCUT2D eigenvalue weighted by Crippen LogP contribution is 2.30. The lowest BCUT2D eigenvalue weighted by atomic mass is 9.84. The summed E-state index contributed by atoms with van der Waals surface area (Å²) in [7, 11) is 0. The number of nitrogens with two attached hydrogens (primary N) is 4. The molecule has 0 unspecified atom stereocenters. The summed E-state index contributed by atoms with van der Waals surface area (Å²) in [6, 6.07) is -2.67. The Morgan fingerprint density at radius 1 is 0.800 bits per heavy atom. The molecule has 2 aliphatic rings. The molecule has 0 bridgehead atoms. The molecule has 14 heteroatoms. The van der Waals surface area contributed by atoms with Crippen LogP contribution >= 0.6 is 0 Å². The maximum Gasteiger partial charge on any atom is 0.407 e. The first-order valence-electron chi connectivity index (χ1n) is 14.7. The fraction of sp³-hybridized carbons (Fsp3) is 0.923. The van der Waals surface area contributed by atoms with E-state index in [1.165, 1.54) is 0 Å². The van der Waals surface area contributed by atoms with Crippen molar-refractivity contribution in [2.24, 2.45) is 22.9 Å². The molecule has 0 aromatic carbocycles. The summed E-state index contributed by atoms with van der Waals surface area (Å²) in [4.78, 5) is 25.4. The van der Waals surface area contributed by atoms with Gasteiger partial charge in [-0.05, 0) is 19.3 Å². The largest absolute Gasteiger partial charge is 0.441 e. The number of amides is 2. The lowest BCUT2D eigenvalue weighted by Gasteiger charge is -2.47. The number of aliphatic hydroxyl groups is 2. The Labute approximate surface area is 237 Å². The Morgan fingerprint density at radius 3 is 1.85 bits per heavy atom. The van der Waals surface area contributed by atoms with Crippen LogP contribution in [0, 0.1) is 0 Å². The molecule has 1 heterocycles. The molecule has 1 saturated heterocycles. The predicted octanol–water partition coefficient (Wildman–Crippen LogP) is -0.487. The number of rotatable bonds is 15. The second-order valence-electron chi connectivity index (χ2n) is 10.7. The van der Waals surface area contributed by atoms with Gasteiger partial charge in [0.05, 0.1) is 6.04 Å². The Bertz CT molecular complexity index is 750. The van der Waals surface area contributed by atoms with E-state index in [1.54, 1.807) is 0 Å². The predicted molar refractivity (Wildman–Crippen MR) is 148 cm³/mol. The van der Waals surface area contributed by atoms with E-state index in [1.807, 2.05) is 0 Å². The summed E-state index contributed by atoms with van der Waals surface area (Å²) in [5, 5.41) is 26.0. The van der Waals surface area contributed by atoms with Gasteiger partial charge in [0.15, 0.2) is 18.5 Å². The first-order valence-corrected chi connectivity index (χ1v) is 14.7. The molecule has 0 aromatic rings. The van der Waals surface area contributed by atoms with Gasteiger partial charge in [-0.25, -0.2) is 9.59 Å². The SMILES string of the molecule is CCCCCCNC(=O)O[C@@H]1[C@@H](OC(=O)NCCCCCC)[C@H](N)C[C@H](N)[C@H]1O[C@H]1O[C@H](CN)[C@@H](O)[C@H](O)[C@H]1N. The summed E-state index contributed by atoms with van der Waals surface area (Å²) < 4.78 is 23.2. The summed E-state index contributed by atoms with van der Waals surface area (Å²) in [6.45, 7) is 4.92. The van der Waals surface area contributed by atoms with Gasteiger partial charge in [-0.1, -0.05) is 52.4 Å². The highest BCUT2D eigenvalue weighted by atomic mass is 16.7. The van der Waals surface area contributed by atoms with Gasteiger partial charge in [-0.2, -0.15) is 0 Å². The molecule has 1 aliphatic heterocycles. The second-order valence-corrected chi connectivity index (χ2v) is 10.7. The van der Waals surface area contributed by atoms with Crippen molar-refractivity contribution in [3.63, 3.8) is 0 Å². The van der Waals surface area contributed by atoms with Gasteiger partial charge in [0.1, 0.15) is 24.4 Å². The molecule has 2 fully saturated rings. The van der Waals surface area contributed by atoms with Crippen molar-refractivity contribution < 1.29 is 38.7 Å². The molecule has 2 rings (SSSR count). The van der Waals surface area contributed by atoms with Gasteiger partial charge < -0.3 is 62.7 Å². The average molecular weight is 577 g/mol. The molecule has 0 radical (unpaired) electrons. The number of alkyl carbamates (subject to hydrolysis) is 2. The van der Waals surface area contributed by atoms with Gasteiger partial charge in [-0.15, -0.1) is 0 Å². The fourth-order valence-corrected chi connectivity index (χ4v) is 4.96. The molecule has 40 heavy (non-hydrogen) atoms. The van der Waals surface area contributed by atoms with Crippen LogP contribution in [0.25, 0.3) is 0 Å². The number of hydrogen-bond acceptors (Lipinski definition) is 12. The fourth-order valence-electron chi connectivity index (χ4n) is 4.96. The smallest absolute Gasteiger partial charge is 0.407 e. The van der Waals surface area contributed by atoms with E-state index in [0.717, 1.165) is 51.4 Å². The molecule has 234 valence electrons. The Morgan fingerprint density at radius 2 is 1.32 bits per heavy atom. The van der Waals surface area contributed by atoms with Crippen molar-refractivity contribution in [3.05, 3.63) is 0 Å². The molecular weight excluding hydrogens is 524 g/mol. The van der Waals surface area contributed by atoms with Crippen molar-refractivity contribution in [1.82, 2.24) is 10.6 Å². The zero-order chi connectivity index (χ0) is 29.7. The lowest BCUT2D eigenvalue weighted by molar-refractivity contribution is -0.287. The first-order chi connectivity index (χ1) is 19.1. The molecule has 0 aromatic heterocycles. The van der Waals surface area contributed by atoms with Gasteiger partial charge in [0.2, 0.25) is 0 Å². The van der Waals surface area contributed by atoms with E-state index in [0.29, 0.717) is 13.1 Å². The van der Waals surface area contributed by atoms with Gasteiger partial charge in [0, 0.05) is 31.7 Å². The van der Waals surface area contributed by atoms with Crippen molar-refractivity contribution in [3.8, 4) is 0 Å². The van der Waals surface area contributed by atoms with Crippen molar-refractivity contribution in [2.75, 3.05) is 19.6 Å². The zero-order valence-corrected chi connectivity index (χ0v) is 23.9. The molecule has 14 nitrogen and oxygen atoms in total. The van der Waals surface area contributed by atoms with E-state index in [-0.39, 0.29) is 13.0 Å². The molecular formula is C26H52N6O8. The van der Waals surface area contributed by atoms with Crippen LogP contribution < -0.4 is 33.6 Å². The van der Waals surface area contributed by atoms with E-state index < -0.39 is 73.2 Å². The number of hydrogen-bond donors (Lipinski definition) is 8. The Hall–Kier alpha value is -1.78. The Kier molecular flexibility index (Phi) is 15.4. The monoisotopic (exact) mass is 576 g/mol. The van der Waals surface area contributed by atoms with E-state index in [4.69, 9.17) is 41.9 Å². The third-order valence-electron chi connectivity index (χ3n) is 7.39. The minimum atomic E-state index is -1.38. The summed E-state index contributed by atoms with van der Waals surface area (Å²) in [5.74, 6) is 0. The van der Waals surface area contributed by atoms with Crippen LogP contribution in [0.1, 0.15) is 71.6 Å². The lowest BCUT2D eigenvalue weighted by Crippen LogP contribution is -2.68. The minimum Gasteiger partial charge on any atom is -0.441 e. The zero-order valence-electron chi connectivity index (χ0n) is 23.9. The quantitative estimate of drug-likeness (QED) is 0.115. The van der Waals surface area contributed by atoms with Crippen LogP contribution in [0.4, 0.5) is 9.59 Å². The number of ether oxygens (including phenoxy) is 4. The number of unbranched alkanes of at least 4 members (excludes halogenated alkanes) is 6. The van der Waals surface area contributed by atoms with Crippen LogP contribution in [-0.4, -0.2) is 103 Å². The molecule has 0 spiro atoms. The van der Waals surface area contributed by atoms with Crippen LogP contribution in [0.3, 0.4) is 0 Å². The summed E-state index contributed by atoms with van der Waals surface area (Å²) in [5.41, 5.74) is 24.5. The highest BCUT2D eigenvalue weighted by molar-refractivity contribution is 5.68. The van der Waals surface area contributed by atoms with Gasteiger partial charge >= 0.3 is 12.2 Å². The average Bonchev–Trinajstić information content (AvgIpc) is 2.92. The van der Waals surface area contributed by atoms with Crippen LogP contribution in [0.15, 0.2) is 0 Å². The topological polar surface area (TPSA) is 240 Å². The summed E-state index contributed by atoms with van der Waals surface area (Å²) in [6.07, 6.45) is -1.78. The maximum atomic E-state index is 12.8. The van der Waals surface area contributed by atoms with Crippen molar-refractivity contribution >= 4 is 12.2 Å². The molecule has 1 aliphatic carbocycles. The normalized spacial score (nSPS) is 34.2. The van der Waals surface area contributed by atoms with Gasteiger partial charge in [0.25, 0.3) is 0 Å². The highest BCUT2D eigenvalue weighted by Gasteiger charge is 2.51. The first kappa shape index (κ1) is 34.4. The van der Waals surface area contributed by atoms with Crippen LogP contribution in [-0.2, 0) is 18.9 Å². The molecule has 1 saturated carbocycles. The number of nitrogens with one attached hydrogen (secondary N) is 2. The number of carbonyl (C=O) groups is 2. The number of aliphatic hydroxyl groups excluding tert-OH is 2. The van der Waals surface area contributed by atoms with E-state index in [9.17, 15) is 19.8 Å². The van der Waals surface area contributed by atoms with Crippen LogP contribution in [0.5, 0.6) is 0 Å². The molecule has 12 N–H and O–H groups in total. The molecule has 2 amide bonds. The number of carbonyl (C=O) groups excluding carboxylic acids is 2. The summed E-state index contributed by atoms with van der Waals surface area (Å²) >= 11 is 0. The molecule has 10 atom stereocenters. The van der Waals surface area contributed by atoms with E-state index in [2.05, 4.69) is 24.5 Å².